The van der Waals surface area contributed by atoms with Gasteiger partial charge in [0, 0.05) is 6.42 Å². The van der Waals surface area contributed by atoms with Crippen molar-refractivity contribution in [3.05, 3.63) is 48.6 Å². The minimum absolute atomic E-state index is 0.0815. The van der Waals surface area contributed by atoms with Crippen molar-refractivity contribution in [1.82, 2.24) is 5.32 Å². The molecule has 2 atom stereocenters. The maximum atomic E-state index is 12.4. The lowest BCUT2D eigenvalue weighted by molar-refractivity contribution is -0.123. The van der Waals surface area contributed by atoms with E-state index in [1.54, 1.807) is 6.08 Å². The molecule has 2 unspecified atom stereocenters. The molecule has 0 aliphatic heterocycles. The Morgan fingerprint density at radius 2 is 0.722 bits per heavy atom. The highest BCUT2D eigenvalue weighted by Crippen LogP contribution is 2.14. The molecule has 0 radical (unpaired) electrons. The molecule has 1 amide bonds. The monoisotopic (exact) mass is 756 g/mol. The Hall–Kier alpha value is -1.65. The van der Waals surface area contributed by atoms with E-state index in [-0.39, 0.29) is 12.5 Å². The normalized spacial score (nSPS) is 13.3. The molecule has 0 aliphatic rings. The highest BCUT2D eigenvalue weighted by molar-refractivity contribution is 5.76. The fourth-order valence-electron chi connectivity index (χ4n) is 7.09. The van der Waals surface area contributed by atoms with Crippen LogP contribution >= 0.6 is 0 Å². The minimum atomic E-state index is -0.872. The third-order valence-electron chi connectivity index (χ3n) is 10.8. The standard InChI is InChI=1S/C50H93NO3/c1-3-5-7-9-11-13-15-17-19-21-23-25-26-28-30-32-34-36-38-40-42-44-46-50(54)51-48(47-52)49(53)45-43-41-39-37-35-33-31-29-27-24-22-20-18-16-14-12-10-8-6-4-2/h26-29,35,37,43,45,48-49,52-53H,3-25,30-34,36,38-42,44,46-47H2,1-2H3,(H,51,54)/b28-26-,29-27+,37-35+,45-43+. The van der Waals surface area contributed by atoms with Gasteiger partial charge in [0.15, 0.2) is 0 Å². The molecule has 3 N–H and O–H groups in total. The number of nitrogens with one attached hydrogen (secondary N) is 1. The Bertz CT molecular complexity index is 862. The molecule has 316 valence electrons. The van der Waals surface area contributed by atoms with Crippen LogP contribution in [0.25, 0.3) is 0 Å². The van der Waals surface area contributed by atoms with Crippen LogP contribution in [0.4, 0.5) is 0 Å². The van der Waals surface area contributed by atoms with Crippen molar-refractivity contribution in [3.63, 3.8) is 0 Å². The molecule has 4 heteroatoms. The number of aliphatic hydroxyl groups is 2. The number of unbranched alkanes of at least 4 members (excludes halogenated alkanes) is 30. The fraction of sp³-hybridized carbons (Fsp3) is 0.820. The van der Waals surface area contributed by atoms with Crippen LogP contribution in [0.5, 0.6) is 0 Å². The van der Waals surface area contributed by atoms with Gasteiger partial charge in [0.25, 0.3) is 0 Å². The number of carbonyl (C=O) groups excluding carboxylic acids is 1. The molecular formula is C50H93NO3. The zero-order valence-electron chi connectivity index (χ0n) is 36.2. The number of hydrogen-bond acceptors (Lipinski definition) is 3. The Morgan fingerprint density at radius 1 is 0.426 bits per heavy atom. The summed E-state index contributed by atoms with van der Waals surface area (Å²) >= 11 is 0. The highest BCUT2D eigenvalue weighted by Gasteiger charge is 2.17. The van der Waals surface area contributed by atoms with Crippen molar-refractivity contribution < 1.29 is 15.0 Å². The fourth-order valence-corrected chi connectivity index (χ4v) is 7.09. The van der Waals surface area contributed by atoms with Gasteiger partial charge >= 0.3 is 0 Å². The smallest absolute Gasteiger partial charge is 0.220 e. The molecule has 0 saturated carbocycles. The summed E-state index contributed by atoms with van der Waals surface area (Å²) in [6, 6.07) is -0.648. The zero-order valence-corrected chi connectivity index (χ0v) is 36.2. The van der Waals surface area contributed by atoms with E-state index < -0.39 is 12.1 Å². The van der Waals surface area contributed by atoms with E-state index in [0.717, 1.165) is 38.5 Å². The molecular weight excluding hydrogens is 663 g/mol. The summed E-state index contributed by atoms with van der Waals surface area (Å²) in [5.74, 6) is -0.0815. The molecule has 0 rings (SSSR count). The van der Waals surface area contributed by atoms with Crippen LogP contribution in [0.3, 0.4) is 0 Å². The summed E-state index contributed by atoms with van der Waals surface area (Å²) in [7, 11) is 0. The lowest BCUT2D eigenvalue weighted by Crippen LogP contribution is -2.45. The summed E-state index contributed by atoms with van der Waals surface area (Å²) in [6.45, 7) is 4.30. The third kappa shape index (κ3) is 41.5. The molecule has 54 heavy (non-hydrogen) atoms. The molecule has 0 aliphatic carbocycles. The van der Waals surface area contributed by atoms with Crippen LogP contribution in [-0.4, -0.2) is 34.9 Å². The van der Waals surface area contributed by atoms with Crippen LogP contribution < -0.4 is 5.32 Å². The molecule has 0 heterocycles. The largest absolute Gasteiger partial charge is 0.394 e. The summed E-state index contributed by atoms with van der Waals surface area (Å²) < 4.78 is 0. The van der Waals surface area contributed by atoms with Gasteiger partial charge in [-0.3, -0.25) is 4.79 Å². The van der Waals surface area contributed by atoms with Gasteiger partial charge in [0.05, 0.1) is 18.8 Å². The Morgan fingerprint density at radius 3 is 1.07 bits per heavy atom. The topological polar surface area (TPSA) is 69.6 Å². The number of hydrogen-bond donors (Lipinski definition) is 3. The van der Waals surface area contributed by atoms with Crippen molar-refractivity contribution >= 4 is 5.91 Å². The number of allylic oxidation sites excluding steroid dienone is 7. The second kappa shape index (κ2) is 45.7. The summed E-state index contributed by atoms with van der Waals surface area (Å²) in [5.41, 5.74) is 0. The van der Waals surface area contributed by atoms with Crippen molar-refractivity contribution in [1.29, 1.82) is 0 Å². The van der Waals surface area contributed by atoms with E-state index in [1.807, 2.05) is 6.08 Å². The molecule has 0 aromatic heterocycles. The second-order valence-corrected chi connectivity index (χ2v) is 16.2. The summed E-state index contributed by atoms with van der Waals surface area (Å²) in [6.07, 6.45) is 62.3. The quantitative estimate of drug-likeness (QED) is 0.0429. The lowest BCUT2D eigenvalue weighted by atomic mass is 10.0. The predicted molar refractivity (Wildman–Crippen MR) is 239 cm³/mol. The summed E-state index contributed by atoms with van der Waals surface area (Å²) in [5, 5.41) is 23.0. The van der Waals surface area contributed by atoms with E-state index >= 15 is 0 Å². The SMILES string of the molecule is CCCCCCCCCCCC/C=C/CC/C=C/CC/C=C/C(O)C(CO)NC(=O)CCCCCCCCC/C=C\CCCCCCCCCCCCC. The molecule has 4 nitrogen and oxygen atoms in total. The van der Waals surface area contributed by atoms with E-state index in [4.69, 9.17) is 0 Å². The van der Waals surface area contributed by atoms with Gasteiger partial charge in [0.2, 0.25) is 5.91 Å². The molecule has 0 saturated heterocycles. The van der Waals surface area contributed by atoms with Gasteiger partial charge in [-0.2, -0.15) is 0 Å². The van der Waals surface area contributed by atoms with Crippen molar-refractivity contribution in [2.24, 2.45) is 0 Å². The molecule has 0 spiro atoms. The zero-order chi connectivity index (χ0) is 39.3. The van der Waals surface area contributed by atoms with Crippen LogP contribution in [0.2, 0.25) is 0 Å². The first-order valence-corrected chi connectivity index (χ1v) is 23.9. The molecule has 0 fully saturated rings. The Balaban J connectivity index is 3.62. The van der Waals surface area contributed by atoms with Gasteiger partial charge in [-0.25, -0.2) is 0 Å². The maximum absolute atomic E-state index is 12.4. The highest BCUT2D eigenvalue weighted by atomic mass is 16.3. The van der Waals surface area contributed by atoms with Crippen LogP contribution in [0, 0.1) is 0 Å². The lowest BCUT2D eigenvalue weighted by Gasteiger charge is -2.19. The van der Waals surface area contributed by atoms with Gasteiger partial charge in [-0.1, -0.05) is 217 Å². The number of amides is 1. The van der Waals surface area contributed by atoms with Gasteiger partial charge in [-0.05, 0) is 70.6 Å². The minimum Gasteiger partial charge on any atom is -0.394 e. The average molecular weight is 756 g/mol. The van der Waals surface area contributed by atoms with Crippen molar-refractivity contribution in [2.75, 3.05) is 6.61 Å². The first-order chi connectivity index (χ1) is 26.7. The Kier molecular flexibility index (Phi) is 44.3. The number of aliphatic hydroxyl groups excluding tert-OH is 2. The van der Waals surface area contributed by atoms with Crippen molar-refractivity contribution in [2.45, 2.75) is 257 Å². The van der Waals surface area contributed by atoms with Crippen LogP contribution in [0.1, 0.15) is 245 Å². The van der Waals surface area contributed by atoms with Crippen LogP contribution in [-0.2, 0) is 4.79 Å². The van der Waals surface area contributed by atoms with Crippen molar-refractivity contribution in [3.8, 4) is 0 Å². The average Bonchev–Trinajstić information content (AvgIpc) is 3.18. The van der Waals surface area contributed by atoms with Gasteiger partial charge < -0.3 is 15.5 Å². The number of rotatable bonds is 43. The van der Waals surface area contributed by atoms with E-state index in [9.17, 15) is 15.0 Å². The predicted octanol–water partition coefficient (Wildman–Crippen LogP) is 15.1. The second-order valence-electron chi connectivity index (χ2n) is 16.2. The maximum Gasteiger partial charge on any atom is 0.220 e. The molecule has 0 aromatic rings. The first kappa shape index (κ1) is 52.3. The Labute approximate surface area is 337 Å². The van der Waals surface area contributed by atoms with E-state index in [0.29, 0.717) is 6.42 Å². The van der Waals surface area contributed by atoms with Crippen LogP contribution in [0.15, 0.2) is 48.6 Å². The van der Waals surface area contributed by atoms with Gasteiger partial charge in [0.1, 0.15) is 0 Å². The molecule has 0 aromatic carbocycles. The van der Waals surface area contributed by atoms with Gasteiger partial charge in [-0.15, -0.1) is 0 Å². The van der Waals surface area contributed by atoms with E-state index in [2.05, 4.69) is 55.6 Å². The summed E-state index contributed by atoms with van der Waals surface area (Å²) in [4.78, 5) is 12.4. The van der Waals surface area contributed by atoms with E-state index in [1.165, 1.54) is 186 Å². The number of carbonyl (C=O) groups is 1. The molecule has 0 bridgehead atoms. The first-order valence-electron chi connectivity index (χ1n) is 23.9. The third-order valence-corrected chi connectivity index (χ3v) is 10.8.